The van der Waals surface area contributed by atoms with Crippen molar-refractivity contribution in [1.82, 2.24) is 51.8 Å². The maximum absolute atomic E-state index is 14.5. The van der Waals surface area contributed by atoms with Gasteiger partial charge >= 0.3 is 11.9 Å². The zero-order valence-corrected chi connectivity index (χ0v) is 55.3. The van der Waals surface area contributed by atoms with Crippen molar-refractivity contribution in [3.63, 3.8) is 0 Å². The first kappa shape index (κ1) is 87.4. The van der Waals surface area contributed by atoms with Crippen LogP contribution in [0.5, 0.6) is 0 Å². The number of carbonyl (C=O) groups excluding carboxylic acids is 9. The number of nitrogens with two attached hydrogens (primary N) is 1. The Labute approximate surface area is 580 Å². The van der Waals surface area contributed by atoms with Crippen molar-refractivity contribution in [1.29, 1.82) is 0 Å². The summed E-state index contributed by atoms with van der Waals surface area (Å²) in [5.74, 6) is -15.6. The van der Waals surface area contributed by atoms with E-state index < -0.39 is 290 Å². The van der Waals surface area contributed by atoms with Crippen LogP contribution in [0.2, 0.25) is 0 Å². The number of aromatic nitrogens is 4. The Bertz CT molecular complexity index is 3330. The minimum atomic E-state index is -2.13. The lowest BCUT2D eigenvalue weighted by Gasteiger charge is -2.26. The van der Waals surface area contributed by atoms with Crippen LogP contribution < -0.4 is 48.5 Å². The molecule has 3 rings (SSSR count). The zero-order chi connectivity index (χ0) is 76.7. The van der Waals surface area contributed by atoms with E-state index >= 15 is 0 Å². The minimum absolute atomic E-state index is 0.00923. The Morgan fingerprint density at radius 1 is 0.510 bits per heavy atom. The van der Waals surface area contributed by atoms with Crippen LogP contribution >= 0.6 is 0 Å². The monoisotopic (exact) mass is 1460 g/mol. The number of ketones is 3. The van der Waals surface area contributed by atoms with Gasteiger partial charge in [-0.25, -0.2) is 14.8 Å². The molecule has 102 heavy (non-hydrogen) atoms. The number of nitrogens with one attached hydrogen (secondary N) is 8. The van der Waals surface area contributed by atoms with Crippen molar-refractivity contribution in [3.8, 4) is 0 Å². The summed E-state index contributed by atoms with van der Waals surface area (Å²) in [4.78, 5) is 174. The Balaban J connectivity index is 1.93. The van der Waals surface area contributed by atoms with E-state index in [1.807, 2.05) is 0 Å². The number of aliphatic carboxylic acids is 2. The molecule has 41 nitrogen and oxygen atoms in total. The van der Waals surface area contributed by atoms with Crippen LogP contribution in [0.4, 0.5) is 11.6 Å². The van der Waals surface area contributed by atoms with Crippen molar-refractivity contribution in [2.75, 3.05) is 50.5 Å². The molecule has 2 heterocycles. The number of benzene rings is 1. The first-order valence-electron chi connectivity index (χ1n) is 32.1. The molecule has 27 N–H and O–H groups in total. The molecule has 0 saturated carbocycles. The number of hydrogen-bond donors (Lipinski definition) is 26. The highest BCUT2D eigenvalue weighted by molar-refractivity contribution is 5.98. The molecular formula is C61H92N12O29. The van der Waals surface area contributed by atoms with Gasteiger partial charge in [-0.3, -0.25) is 57.7 Å². The van der Waals surface area contributed by atoms with Gasteiger partial charge in [-0.2, -0.15) is 4.98 Å². The molecule has 570 valence electrons. The number of nitrogens with zero attached hydrogens (tertiary/aromatic N) is 3. The number of anilines is 2. The van der Waals surface area contributed by atoms with E-state index in [0.717, 1.165) is 0 Å². The number of aliphatic hydroxyl groups is 15. The number of aliphatic hydroxyl groups excluding tert-OH is 15. The summed E-state index contributed by atoms with van der Waals surface area (Å²) < 4.78 is 0. The van der Waals surface area contributed by atoms with Gasteiger partial charge in [0.1, 0.15) is 66.8 Å². The van der Waals surface area contributed by atoms with Crippen molar-refractivity contribution < 1.29 is 140 Å². The number of fused-ring (bicyclic) bond motifs is 1. The number of carbonyl (C=O) groups is 11. The molecule has 0 spiro atoms. The molecule has 0 aliphatic heterocycles. The third-order valence-corrected chi connectivity index (χ3v) is 16.1. The van der Waals surface area contributed by atoms with Gasteiger partial charge in [0.2, 0.25) is 35.5 Å². The molecule has 41 heteroatoms. The van der Waals surface area contributed by atoms with Crippen LogP contribution in [0.1, 0.15) is 106 Å². The molecule has 3 aromatic rings. The fraction of sp³-hybridized carbons (Fsp3) is 0.623. The summed E-state index contributed by atoms with van der Waals surface area (Å²) in [5, 5.41) is 185. The van der Waals surface area contributed by atoms with Crippen molar-refractivity contribution in [2.24, 2.45) is 11.8 Å². The number of rotatable bonds is 50. The van der Waals surface area contributed by atoms with Gasteiger partial charge in [0.15, 0.2) is 22.7 Å². The average molecular weight is 1460 g/mol. The van der Waals surface area contributed by atoms with Crippen LogP contribution in [0, 0.1) is 11.8 Å². The molecular weight excluding hydrogens is 1360 g/mol. The quantitative estimate of drug-likeness (QED) is 0.0250. The molecule has 6 amide bonds. The number of carboxylic acid groups (broad SMARTS) is 2. The molecule has 0 aliphatic rings. The van der Waals surface area contributed by atoms with E-state index in [1.54, 1.807) is 0 Å². The fourth-order valence-electron chi connectivity index (χ4n) is 9.79. The number of Topliss-reactive ketones (excluding diaryl/α,β-unsaturated/α-hetero) is 3. The number of nitrogen functional groups attached to an aromatic ring is 1. The maximum atomic E-state index is 14.5. The predicted molar refractivity (Wildman–Crippen MR) is 347 cm³/mol. The molecule has 2 aromatic heterocycles. The number of carboxylic acids is 2. The molecule has 1 aromatic carbocycles. The highest BCUT2D eigenvalue weighted by atomic mass is 16.4. The Morgan fingerprint density at radius 3 is 1.37 bits per heavy atom. The lowest BCUT2D eigenvalue weighted by molar-refractivity contribution is -0.140. The van der Waals surface area contributed by atoms with Crippen molar-refractivity contribution in [3.05, 3.63) is 52.1 Å². The van der Waals surface area contributed by atoms with E-state index in [9.17, 15) is 129 Å². The predicted octanol–water partition coefficient (Wildman–Crippen LogP) is -10.2. The van der Waals surface area contributed by atoms with E-state index in [-0.39, 0.29) is 35.6 Å². The van der Waals surface area contributed by atoms with Gasteiger partial charge in [-0.05, 0) is 56.4 Å². The normalized spacial score (nSPS) is 16.5. The first-order chi connectivity index (χ1) is 48.0. The van der Waals surface area contributed by atoms with Crippen molar-refractivity contribution in [2.45, 2.75) is 188 Å². The lowest BCUT2D eigenvalue weighted by atomic mass is 9.89. The van der Waals surface area contributed by atoms with E-state index in [4.69, 9.17) is 21.1 Å². The molecule has 17 atom stereocenters. The first-order valence-corrected chi connectivity index (χ1v) is 32.1. The van der Waals surface area contributed by atoms with Crippen molar-refractivity contribution >= 4 is 87.5 Å². The van der Waals surface area contributed by atoms with Crippen LogP contribution in [0.3, 0.4) is 0 Å². The maximum Gasteiger partial charge on any atom is 0.326 e. The lowest BCUT2D eigenvalue weighted by Crippen LogP contribution is -2.50. The number of amides is 6. The highest BCUT2D eigenvalue weighted by Gasteiger charge is 2.37. The Hall–Kier alpha value is -8.79. The topological polar surface area (TPSA) is 713 Å². The van der Waals surface area contributed by atoms with E-state index in [0.29, 0.717) is 11.4 Å². The number of H-pyrrole nitrogens is 1. The summed E-state index contributed by atoms with van der Waals surface area (Å²) in [6.45, 7) is -4.03. The molecule has 0 aliphatic carbocycles. The Kier molecular flexibility index (Phi) is 37.6. The summed E-state index contributed by atoms with van der Waals surface area (Å²) in [5.41, 5.74) is 5.57. The van der Waals surface area contributed by atoms with Gasteiger partial charge in [0, 0.05) is 94.1 Å². The van der Waals surface area contributed by atoms with E-state index in [2.05, 4.69) is 57.2 Å². The van der Waals surface area contributed by atoms with Gasteiger partial charge < -0.3 is 130 Å². The van der Waals surface area contributed by atoms with Gasteiger partial charge in [0.25, 0.3) is 11.5 Å². The second-order valence-corrected chi connectivity index (χ2v) is 23.9. The molecule has 0 saturated heterocycles. The van der Waals surface area contributed by atoms with Crippen LogP contribution in [0.15, 0.2) is 35.3 Å². The second-order valence-electron chi connectivity index (χ2n) is 23.9. The molecule has 0 fully saturated rings. The SMILES string of the molecule is CCC(=O)[C@H](CCC(=O)NC[C@H](O)[C@@H](O)[C@H](O)[C@H](O)CO)NC(=O)[C@H](CCC(=O)NC[C@H](O)[C@@H](O)[C@H](O)[C@H](O)CO)CC(=O)[C@H](CCC(=O)O)NC(=O)[C@H](CCC(=O)NC[C@H](O)[C@@H](O)[C@H](O)[C@H](O)CO)CC(=O)CC[C@H](NC(=O)c1ccc(NCc2cnc3nc(N)[nH]c(=O)c3n2)cc1)C(=O)O. The van der Waals surface area contributed by atoms with Gasteiger partial charge in [-0.1, -0.05) is 6.92 Å². The molecule has 0 bridgehead atoms. The number of aromatic amines is 1. The number of hydrogen-bond acceptors (Lipinski definition) is 32. The summed E-state index contributed by atoms with van der Waals surface area (Å²) in [6, 6.07) is 0.353. The van der Waals surface area contributed by atoms with Gasteiger partial charge in [0.05, 0.1) is 68.7 Å². The third-order valence-electron chi connectivity index (χ3n) is 16.1. The third kappa shape index (κ3) is 29.3. The van der Waals surface area contributed by atoms with Gasteiger partial charge in [-0.15, -0.1) is 0 Å². The summed E-state index contributed by atoms with van der Waals surface area (Å²) in [7, 11) is 0. The van der Waals surface area contributed by atoms with Crippen LogP contribution in [0.25, 0.3) is 11.2 Å². The zero-order valence-electron chi connectivity index (χ0n) is 55.3. The largest absolute Gasteiger partial charge is 0.481 e. The Morgan fingerprint density at radius 2 is 0.931 bits per heavy atom. The summed E-state index contributed by atoms with van der Waals surface area (Å²) >= 11 is 0. The molecule has 0 radical (unpaired) electrons. The standard InChI is InChI=1S/C61H92N12O29/c1-2-36(78)33(11-15-46(88)66-23-40(82)51(93)54(96)43(85)26-76)69-58(99)29(6-14-45(87)65-22-39(81)50(92)53(95)42(84)25-75)18-37(79)34(12-16-47(89)90)70-57(98)28(5-13-44(86)64-21-38(80)49(91)52(94)41(83)24-74)17-32(77)9-10-35(60(101)102)71-56(97)27-3-7-30(8-4-27)63-19-31-20-67-55-48(68-31)59(100)73-61(62)72-55/h3-4,7-8,20,28-29,33-35,38-43,49-54,63,74-76,80-85,91-96H,2,5-6,9-19,21-26H2,1H3,(H,64,86)(H,65,87)(H,66,88)(H,69,99)(H,70,98)(H,71,97)(H,89,90)(H,101,102)(H3,62,67,72,73,100)/t28-,29-,33+,34+,35+,38+,39+,40+,41-,42-,43-,49-,50-,51-,52-,53-,54-/m1/s1. The van der Waals surface area contributed by atoms with E-state index in [1.165, 1.54) is 37.4 Å². The second kappa shape index (κ2) is 43.9. The summed E-state index contributed by atoms with van der Waals surface area (Å²) in [6.07, 6.45) is -31.7. The average Bonchev–Trinajstić information content (AvgIpc) is 0.813. The van der Waals surface area contributed by atoms with Crippen LogP contribution in [-0.4, -0.2) is 302 Å². The smallest absolute Gasteiger partial charge is 0.326 e. The fourth-order valence-corrected chi connectivity index (χ4v) is 9.79. The highest BCUT2D eigenvalue weighted by Crippen LogP contribution is 2.22. The van der Waals surface area contributed by atoms with Crippen LogP contribution in [-0.2, 0) is 54.5 Å². The minimum Gasteiger partial charge on any atom is -0.481 e. The molecule has 0 unspecified atom stereocenters.